The molecule has 0 saturated heterocycles. The van der Waals surface area contributed by atoms with Crippen molar-refractivity contribution in [2.24, 2.45) is 21.7 Å². The quantitative estimate of drug-likeness (QED) is 0.529. The fourth-order valence-corrected chi connectivity index (χ4v) is 9.33. The first-order valence-corrected chi connectivity index (χ1v) is 12.9. The molecule has 3 heteroatoms. The summed E-state index contributed by atoms with van der Waals surface area (Å²) in [6.07, 6.45) is 15.4. The fourth-order valence-electron chi connectivity index (χ4n) is 3.86. The molecule has 2 aliphatic carbocycles. The second kappa shape index (κ2) is 8.75. The Morgan fingerprint density at radius 2 is 0.828 bits per heavy atom. The first kappa shape index (κ1) is 29.4. The van der Waals surface area contributed by atoms with Gasteiger partial charge in [0.05, 0.1) is 0 Å². The van der Waals surface area contributed by atoms with Gasteiger partial charge >= 0.3 is 182 Å². The van der Waals surface area contributed by atoms with E-state index in [2.05, 4.69) is 120 Å². The standard InChI is InChI=1S/2C13H21.2ClH.Zr/c2*1-12(2,3)10-7-8-11(9-10)13(4,5)6;;;/h2*7-9H,1-6H3;2*1H;/q;;;;+2/p-2. The van der Waals surface area contributed by atoms with Crippen molar-refractivity contribution in [1.29, 1.82) is 0 Å². The summed E-state index contributed by atoms with van der Waals surface area (Å²) in [6, 6.07) is 0. The second-order valence-electron chi connectivity index (χ2n) is 12.7. The first-order chi connectivity index (χ1) is 11.8. The maximum atomic E-state index is 2.67. The Morgan fingerprint density at radius 3 is 1.00 bits per heavy atom. The molecule has 0 aromatic carbocycles. The molecule has 0 amide bonds. The van der Waals surface area contributed by atoms with E-state index in [4.69, 9.17) is 0 Å². The molecule has 0 saturated carbocycles. The molecule has 0 bridgehead atoms. The van der Waals surface area contributed by atoms with Crippen LogP contribution in [0.4, 0.5) is 0 Å². The van der Waals surface area contributed by atoms with E-state index >= 15 is 0 Å². The Morgan fingerprint density at radius 1 is 0.552 bits per heavy atom. The minimum Gasteiger partial charge on any atom is -1.00 e. The third-order valence-corrected chi connectivity index (χ3v) is 13.7. The Balaban J connectivity index is 0.00000392. The molecule has 164 valence electrons. The average Bonchev–Trinajstić information content (AvgIpc) is 3.02. The molecule has 0 aromatic rings. The molecular formula is C26H42Cl2Zr. The molecule has 0 heterocycles. The van der Waals surface area contributed by atoms with E-state index in [0.29, 0.717) is 0 Å². The fraction of sp³-hybridized carbons (Fsp3) is 0.692. The van der Waals surface area contributed by atoms with Gasteiger partial charge in [-0.25, -0.2) is 0 Å². The number of rotatable bonds is 2. The molecule has 2 rings (SSSR count). The van der Waals surface area contributed by atoms with Gasteiger partial charge in [-0.2, -0.15) is 0 Å². The number of hydrogen-bond donors (Lipinski definition) is 0. The molecule has 0 radical (unpaired) electrons. The zero-order valence-corrected chi connectivity index (χ0v) is 24.7. The summed E-state index contributed by atoms with van der Waals surface area (Å²) in [7, 11) is 0. The number of halogens is 2. The van der Waals surface area contributed by atoms with Gasteiger partial charge in [0.2, 0.25) is 0 Å². The molecule has 0 spiro atoms. The van der Waals surface area contributed by atoms with Crippen LogP contribution in [0.25, 0.3) is 0 Å². The summed E-state index contributed by atoms with van der Waals surface area (Å²) >= 11 is -0.942. The van der Waals surface area contributed by atoms with E-state index in [1.165, 1.54) is 11.1 Å². The van der Waals surface area contributed by atoms with E-state index in [-0.39, 0.29) is 52.7 Å². The molecule has 0 fully saturated rings. The predicted molar refractivity (Wildman–Crippen MR) is 118 cm³/mol. The van der Waals surface area contributed by atoms with Gasteiger partial charge in [-0.3, -0.25) is 0 Å². The number of hydrogen-bond acceptors (Lipinski definition) is 0. The van der Waals surface area contributed by atoms with Gasteiger partial charge in [-0.15, -0.1) is 0 Å². The van der Waals surface area contributed by atoms with Crippen LogP contribution in [0.15, 0.2) is 47.6 Å². The van der Waals surface area contributed by atoms with Crippen molar-refractivity contribution in [3.63, 3.8) is 0 Å². The minimum absolute atomic E-state index is 0. The Kier molecular flexibility index (Phi) is 8.88. The van der Waals surface area contributed by atoms with Crippen LogP contribution in [-0.2, 0) is 23.2 Å². The topological polar surface area (TPSA) is 0 Å². The van der Waals surface area contributed by atoms with Crippen molar-refractivity contribution >= 4 is 0 Å². The van der Waals surface area contributed by atoms with Crippen LogP contribution in [0.2, 0.25) is 6.25 Å². The van der Waals surface area contributed by atoms with E-state index in [9.17, 15) is 0 Å². The second-order valence-corrected chi connectivity index (χ2v) is 17.4. The molecule has 29 heavy (non-hydrogen) atoms. The molecular weight excluding hydrogens is 474 g/mol. The first-order valence-electron chi connectivity index (χ1n) is 10.5. The average molecular weight is 517 g/mol. The zero-order valence-electron chi connectivity index (χ0n) is 20.7. The normalized spacial score (nSPS) is 27.0. The number of allylic oxidation sites excluding steroid dienone is 8. The van der Waals surface area contributed by atoms with Crippen molar-refractivity contribution in [2.75, 3.05) is 0 Å². The van der Waals surface area contributed by atoms with Crippen molar-refractivity contribution in [2.45, 2.75) is 89.3 Å². The van der Waals surface area contributed by atoms with Gasteiger partial charge in [0, 0.05) is 0 Å². The SMILES string of the molecule is CC(C)(C)C1=C[C]([Zr+2][C]2(C(C)(C)C)C=CC(C(C)(C)C)=C2)(C(C)(C)C)C=C1.[Cl-].[Cl-]. The molecule has 0 aromatic heterocycles. The summed E-state index contributed by atoms with van der Waals surface area (Å²) in [6.45, 7) is 28.8. The van der Waals surface area contributed by atoms with E-state index in [0.717, 1.165) is 0 Å². The Labute approximate surface area is 205 Å². The largest absolute Gasteiger partial charge is 1.00 e. The third kappa shape index (κ3) is 5.81. The van der Waals surface area contributed by atoms with Gasteiger partial charge < -0.3 is 24.8 Å². The van der Waals surface area contributed by atoms with Crippen LogP contribution in [0.3, 0.4) is 0 Å². The Bertz CT molecular complexity index is 650. The van der Waals surface area contributed by atoms with Crippen LogP contribution in [0, 0.1) is 21.7 Å². The van der Waals surface area contributed by atoms with E-state index in [1.807, 2.05) is 0 Å². The van der Waals surface area contributed by atoms with Gasteiger partial charge in [0.25, 0.3) is 0 Å². The summed E-state index contributed by atoms with van der Waals surface area (Å²) in [5.74, 6) is 0. The molecule has 0 nitrogen and oxygen atoms in total. The third-order valence-electron chi connectivity index (χ3n) is 6.45. The summed E-state index contributed by atoms with van der Waals surface area (Å²) in [5, 5.41) is 0. The molecule has 2 unspecified atom stereocenters. The maximum Gasteiger partial charge on any atom is -1.00 e. The maximum absolute atomic E-state index is 2.67. The van der Waals surface area contributed by atoms with Crippen molar-refractivity contribution in [3.05, 3.63) is 47.6 Å². The minimum atomic E-state index is -0.942. The van der Waals surface area contributed by atoms with Crippen LogP contribution in [-0.4, -0.2) is 0 Å². The summed E-state index contributed by atoms with van der Waals surface area (Å²) in [5.41, 5.74) is 3.96. The summed E-state index contributed by atoms with van der Waals surface area (Å²) in [4.78, 5) is 0. The van der Waals surface area contributed by atoms with Gasteiger partial charge in [0.15, 0.2) is 0 Å². The van der Waals surface area contributed by atoms with Gasteiger partial charge in [-0.1, -0.05) is 0 Å². The van der Waals surface area contributed by atoms with Crippen molar-refractivity contribution in [1.82, 2.24) is 0 Å². The van der Waals surface area contributed by atoms with Crippen LogP contribution < -0.4 is 24.8 Å². The molecule has 0 aliphatic heterocycles. The van der Waals surface area contributed by atoms with Crippen molar-refractivity contribution in [3.8, 4) is 0 Å². The van der Waals surface area contributed by atoms with Crippen molar-refractivity contribution < 1.29 is 48.0 Å². The molecule has 2 atom stereocenters. The Hall–Kier alpha value is 0.423. The smallest absolute Gasteiger partial charge is 1.00 e. The monoisotopic (exact) mass is 514 g/mol. The van der Waals surface area contributed by atoms with E-state index in [1.54, 1.807) is 0 Å². The predicted octanol–water partition coefficient (Wildman–Crippen LogP) is 2.57. The van der Waals surface area contributed by atoms with Gasteiger partial charge in [-0.05, 0) is 0 Å². The van der Waals surface area contributed by atoms with Crippen LogP contribution in [0.5, 0.6) is 0 Å². The molecule has 2 aliphatic rings. The summed E-state index contributed by atoms with van der Waals surface area (Å²) < 4.78 is 0.473. The van der Waals surface area contributed by atoms with Crippen LogP contribution >= 0.6 is 0 Å². The molecule has 0 N–H and O–H groups in total. The van der Waals surface area contributed by atoms with Gasteiger partial charge in [0.1, 0.15) is 0 Å². The van der Waals surface area contributed by atoms with Crippen LogP contribution in [0.1, 0.15) is 83.1 Å². The van der Waals surface area contributed by atoms with E-state index < -0.39 is 23.2 Å². The zero-order chi connectivity index (χ0) is 21.1.